The van der Waals surface area contributed by atoms with E-state index < -0.39 is 20.9 Å². The molecule has 2 N–H and O–H groups in total. The van der Waals surface area contributed by atoms with E-state index in [4.69, 9.17) is 0 Å². The van der Waals surface area contributed by atoms with E-state index in [1.165, 1.54) is 25.3 Å². The van der Waals surface area contributed by atoms with Gasteiger partial charge in [-0.3, -0.25) is 14.9 Å². The maximum absolute atomic E-state index is 11.9. The topological polar surface area (TPSA) is 118 Å². The smallest absolute Gasteiger partial charge is 0.276 e. The van der Waals surface area contributed by atoms with E-state index in [-0.39, 0.29) is 18.0 Å². The van der Waals surface area contributed by atoms with Crippen molar-refractivity contribution in [2.45, 2.75) is 12.3 Å². The zero-order valence-electron chi connectivity index (χ0n) is 14.6. The van der Waals surface area contributed by atoms with Crippen molar-refractivity contribution in [3.8, 4) is 0 Å². The molecule has 27 heavy (non-hydrogen) atoms. The number of nitro benzene ring substituents is 1. The first-order valence-corrected chi connectivity index (χ1v) is 9.64. The third kappa shape index (κ3) is 6.32. The highest BCUT2D eigenvalue weighted by molar-refractivity contribution is 7.88. The van der Waals surface area contributed by atoms with Crippen LogP contribution in [-0.2, 0) is 27.1 Å². The summed E-state index contributed by atoms with van der Waals surface area (Å²) >= 11 is 0. The van der Waals surface area contributed by atoms with Crippen LogP contribution in [0.2, 0.25) is 0 Å². The molecule has 0 aliphatic rings. The standard InChI is InChI=1S/C18H19N3O5S/c1-19-27(25,26)13-15-8-6-14(7-9-15)12-20-18(22)11-10-16-4-2-3-5-17(16)21(23)24/h2-11,19H,12-13H2,1H3,(H,20,22)/b11-10+. The SMILES string of the molecule is CNS(=O)(=O)Cc1ccc(CNC(=O)/C=C/c2ccccc2[N+](=O)[O-])cc1. The predicted molar refractivity (Wildman–Crippen MR) is 102 cm³/mol. The van der Waals surface area contributed by atoms with E-state index in [1.54, 1.807) is 42.5 Å². The minimum absolute atomic E-state index is 0.0753. The van der Waals surface area contributed by atoms with Crippen molar-refractivity contribution in [1.82, 2.24) is 10.0 Å². The Bertz CT molecular complexity index is 953. The number of amides is 1. The van der Waals surface area contributed by atoms with Gasteiger partial charge in [0.25, 0.3) is 5.69 Å². The van der Waals surface area contributed by atoms with Gasteiger partial charge in [0.2, 0.25) is 15.9 Å². The number of hydrogen-bond donors (Lipinski definition) is 2. The van der Waals surface area contributed by atoms with Crippen molar-refractivity contribution >= 4 is 27.7 Å². The summed E-state index contributed by atoms with van der Waals surface area (Å²) in [6.07, 6.45) is 2.62. The quantitative estimate of drug-likeness (QED) is 0.406. The summed E-state index contributed by atoms with van der Waals surface area (Å²) in [5.74, 6) is -0.510. The molecular formula is C18H19N3O5S. The Morgan fingerprint density at radius 3 is 2.37 bits per heavy atom. The fraction of sp³-hybridized carbons (Fsp3) is 0.167. The van der Waals surface area contributed by atoms with Crippen molar-refractivity contribution in [3.63, 3.8) is 0 Å². The summed E-state index contributed by atoms with van der Waals surface area (Å²) in [7, 11) is -1.97. The molecule has 9 heteroatoms. The lowest BCUT2D eigenvalue weighted by atomic mass is 10.1. The Labute approximate surface area is 157 Å². The number of nitrogens with one attached hydrogen (secondary N) is 2. The Balaban J connectivity index is 1.93. The van der Waals surface area contributed by atoms with Gasteiger partial charge in [0.1, 0.15) is 0 Å². The zero-order valence-corrected chi connectivity index (χ0v) is 15.4. The second-order valence-corrected chi connectivity index (χ2v) is 7.57. The monoisotopic (exact) mass is 389 g/mol. The van der Waals surface area contributed by atoms with Crippen molar-refractivity contribution in [2.75, 3.05) is 7.05 Å². The average molecular weight is 389 g/mol. The molecule has 0 aliphatic carbocycles. The van der Waals surface area contributed by atoms with Gasteiger partial charge in [-0.1, -0.05) is 36.4 Å². The summed E-state index contributed by atoms with van der Waals surface area (Å²) < 4.78 is 25.3. The first kappa shape index (κ1) is 20.3. The lowest BCUT2D eigenvalue weighted by molar-refractivity contribution is -0.385. The molecule has 0 saturated heterocycles. The van der Waals surface area contributed by atoms with Gasteiger partial charge in [0.15, 0.2) is 0 Å². The molecule has 2 rings (SSSR count). The second-order valence-electron chi connectivity index (χ2n) is 5.65. The summed E-state index contributed by atoms with van der Waals surface area (Å²) in [4.78, 5) is 22.3. The zero-order chi connectivity index (χ0) is 19.9. The molecule has 0 bridgehead atoms. The highest BCUT2D eigenvalue weighted by atomic mass is 32.2. The van der Waals surface area contributed by atoms with Crippen molar-refractivity contribution in [3.05, 3.63) is 81.4 Å². The number of sulfonamides is 1. The minimum Gasteiger partial charge on any atom is -0.348 e. The van der Waals surface area contributed by atoms with Gasteiger partial charge < -0.3 is 5.32 Å². The maximum Gasteiger partial charge on any atom is 0.276 e. The van der Waals surface area contributed by atoms with Crippen LogP contribution < -0.4 is 10.0 Å². The number of carbonyl (C=O) groups excluding carboxylic acids is 1. The highest BCUT2D eigenvalue weighted by Crippen LogP contribution is 2.18. The number of benzene rings is 2. The number of nitro groups is 1. The van der Waals surface area contributed by atoms with E-state index in [2.05, 4.69) is 10.0 Å². The third-order valence-electron chi connectivity index (χ3n) is 3.71. The molecular weight excluding hydrogens is 370 g/mol. The molecule has 0 saturated carbocycles. The average Bonchev–Trinajstić information content (AvgIpc) is 2.65. The first-order valence-electron chi connectivity index (χ1n) is 7.99. The minimum atomic E-state index is -3.33. The molecule has 0 atom stereocenters. The fourth-order valence-electron chi connectivity index (χ4n) is 2.25. The van der Waals surface area contributed by atoms with Crippen LogP contribution in [-0.4, -0.2) is 26.3 Å². The van der Waals surface area contributed by atoms with Crippen LogP contribution in [0, 0.1) is 10.1 Å². The molecule has 0 aromatic heterocycles. The summed E-state index contributed by atoms with van der Waals surface area (Å²) in [6.45, 7) is 0.249. The van der Waals surface area contributed by atoms with E-state index in [0.717, 1.165) is 5.56 Å². The number of para-hydroxylation sites is 1. The van der Waals surface area contributed by atoms with Crippen LogP contribution in [0.5, 0.6) is 0 Å². The highest BCUT2D eigenvalue weighted by Gasteiger charge is 2.10. The second kappa shape index (κ2) is 9.06. The summed E-state index contributed by atoms with van der Waals surface area (Å²) in [6, 6.07) is 13.0. The first-order chi connectivity index (χ1) is 12.8. The number of hydrogen-bond acceptors (Lipinski definition) is 5. The van der Waals surface area contributed by atoms with Crippen LogP contribution in [0.3, 0.4) is 0 Å². The van der Waals surface area contributed by atoms with Gasteiger partial charge in [0.05, 0.1) is 16.2 Å². The molecule has 142 valence electrons. The lowest BCUT2D eigenvalue weighted by Crippen LogP contribution is -2.21. The number of rotatable bonds is 8. The molecule has 0 unspecified atom stereocenters. The lowest BCUT2D eigenvalue weighted by Gasteiger charge is -2.06. The Hall–Kier alpha value is -3.04. The number of carbonyl (C=O) groups is 1. The van der Waals surface area contributed by atoms with Crippen LogP contribution in [0.4, 0.5) is 5.69 Å². The summed E-state index contributed by atoms with van der Waals surface area (Å²) in [5.41, 5.74) is 1.70. The normalized spacial score (nSPS) is 11.4. The van der Waals surface area contributed by atoms with Gasteiger partial charge in [-0.05, 0) is 30.3 Å². The molecule has 0 radical (unpaired) electrons. The van der Waals surface area contributed by atoms with E-state index in [1.807, 2.05) is 0 Å². The van der Waals surface area contributed by atoms with Gasteiger partial charge in [-0.25, -0.2) is 13.1 Å². The Morgan fingerprint density at radius 1 is 1.11 bits per heavy atom. The molecule has 0 heterocycles. The molecule has 0 spiro atoms. The Kier molecular flexibility index (Phi) is 6.80. The van der Waals surface area contributed by atoms with E-state index >= 15 is 0 Å². The van der Waals surface area contributed by atoms with Gasteiger partial charge in [-0.15, -0.1) is 0 Å². The fourth-order valence-corrected chi connectivity index (χ4v) is 3.03. The predicted octanol–water partition coefficient (Wildman–Crippen LogP) is 1.97. The van der Waals surface area contributed by atoms with Crippen molar-refractivity contribution in [1.29, 1.82) is 0 Å². The van der Waals surface area contributed by atoms with Crippen molar-refractivity contribution in [2.24, 2.45) is 0 Å². The molecule has 2 aromatic carbocycles. The number of nitrogens with zero attached hydrogens (tertiary/aromatic N) is 1. The van der Waals surface area contributed by atoms with E-state index in [0.29, 0.717) is 11.1 Å². The molecule has 0 fully saturated rings. The summed E-state index contributed by atoms with van der Waals surface area (Å²) in [5, 5.41) is 13.6. The van der Waals surface area contributed by atoms with Gasteiger partial charge >= 0.3 is 0 Å². The Morgan fingerprint density at radius 2 is 1.74 bits per heavy atom. The van der Waals surface area contributed by atoms with Crippen LogP contribution in [0.25, 0.3) is 6.08 Å². The van der Waals surface area contributed by atoms with E-state index in [9.17, 15) is 23.3 Å². The molecule has 2 aromatic rings. The molecule has 8 nitrogen and oxygen atoms in total. The van der Waals surface area contributed by atoms with Crippen LogP contribution in [0.1, 0.15) is 16.7 Å². The van der Waals surface area contributed by atoms with Gasteiger partial charge in [0, 0.05) is 18.7 Å². The van der Waals surface area contributed by atoms with Crippen LogP contribution in [0.15, 0.2) is 54.6 Å². The van der Waals surface area contributed by atoms with Crippen molar-refractivity contribution < 1.29 is 18.1 Å². The van der Waals surface area contributed by atoms with Gasteiger partial charge in [-0.2, -0.15) is 0 Å². The molecule has 0 aliphatic heterocycles. The maximum atomic E-state index is 11.9. The van der Waals surface area contributed by atoms with Crippen LogP contribution >= 0.6 is 0 Å². The molecule has 1 amide bonds. The largest absolute Gasteiger partial charge is 0.348 e. The third-order valence-corrected chi connectivity index (χ3v) is 5.04.